The van der Waals surface area contributed by atoms with Crippen molar-refractivity contribution < 1.29 is 0 Å². The Hall–Kier alpha value is -2.75. The molecular formula is C10H10N8OS. The first-order valence-electron chi connectivity index (χ1n) is 5.56. The van der Waals surface area contributed by atoms with E-state index in [1.54, 1.807) is 13.1 Å². The zero-order chi connectivity index (χ0) is 14.4. The Labute approximate surface area is 116 Å². The molecule has 0 spiro atoms. The van der Waals surface area contributed by atoms with E-state index in [-0.39, 0.29) is 22.1 Å². The number of aryl methyl sites for hydroxylation is 1. The minimum absolute atomic E-state index is 0.0319. The minimum Gasteiger partial charge on any atom is -0.382 e. The predicted molar refractivity (Wildman–Crippen MR) is 75.6 cm³/mol. The van der Waals surface area contributed by atoms with E-state index in [2.05, 4.69) is 19.9 Å². The van der Waals surface area contributed by atoms with Gasteiger partial charge in [-0.25, -0.2) is 14.3 Å². The molecule has 0 radical (unpaired) electrons. The molecule has 3 rings (SSSR count). The smallest absolute Gasteiger partial charge is 0.254 e. The van der Waals surface area contributed by atoms with Crippen LogP contribution in [0.25, 0.3) is 11.2 Å². The van der Waals surface area contributed by atoms with Crippen molar-refractivity contribution in [1.82, 2.24) is 29.3 Å². The normalized spacial score (nSPS) is 11.1. The number of nitrogens with two attached hydrogens (primary N) is 2. The highest BCUT2D eigenvalue weighted by Gasteiger charge is 2.12. The van der Waals surface area contributed by atoms with Crippen molar-refractivity contribution in [3.05, 3.63) is 33.2 Å². The Morgan fingerprint density at radius 1 is 1.30 bits per heavy atom. The van der Waals surface area contributed by atoms with E-state index in [4.69, 9.17) is 23.7 Å². The molecule has 0 aliphatic carbocycles. The fourth-order valence-electron chi connectivity index (χ4n) is 1.80. The molecule has 0 aromatic carbocycles. The summed E-state index contributed by atoms with van der Waals surface area (Å²) in [7, 11) is 0. The van der Waals surface area contributed by atoms with Crippen LogP contribution < -0.4 is 17.0 Å². The van der Waals surface area contributed by atoms with Crippen LogP contribution in [0, 0.1) is 11.7 Å². The number of rotatable bonds is 1. The van der Waals surface area contributed by atoms with E-state index < -0.39 is 0 Å². The van der Waals surface area contributed by atoms with E-state index in [9.17, 15) is 4.79 Å². The lowest BCUT2D eigenvalue weighted by molar-refractivity contribution is 0.633. The van der Waals surface area contributed by atoms with Crippen LogP contribution in [0.1, 0.15) is 5.56 Å². The Kier molecular flexibility index (Phi) is 2.54. The van der Waals surface area contributed by atoms with Crippen molar-refractivity contribution in [2.45, 2.75) is 6.92 Å². The van der Waals surface area contributed by atoms with Gasteiger partial charge in [-0.15, -0.1) is 0 Å². The Morgan fingerprint density at radius 3 is 2.80 bits per heavy atom. The molecule has 0 aliphatic rings. The largest absolute Gasteiger partial charge is 0.382 e. The van der Waals surface area contributed by atoms with Crippen LogP contribution in [0.2, 0.25) is 0 Å². The minimum atomic E-state index is -0.246. The SMILES string of the molecule is Cc1cn(-n2cnc3c(N)nc(N)nc32)c(=S)[nH]c1=O. The number of nitrogens with zero attached hydrogens (tertiary/aromatic N) is 5. The van der Waals surface area contributed by atoms with Gasteiger partial charge in [0.15, 0.2) is 21.8 Å². The lowest BCUT2D eigenvalue weighted by Crippen LogP contribution is -2.19. The molecule has 0 aliphatic heterocycles. The summed E-state index contributed by atoms with van der Waals surface area (Å²) in [5.74, 6) is 0.211. The van der Waals surface area contributed by atoms with Crippen LogP contribution in [0.4, 0.5) is 11.8 Å². The molecule has 3 aromatic rings. The molecular weight excluding hydrogens is 280 g/mol. The van der Waals surface area contributed by atoms with Gasteiger partial charge in [0.25, 0.3) is 5.56 Å². The van der Waals surface area contributed by atoms with Crippen molar-refractivity contribution in [3.8, 4) is 0 Å². The number of hydrogen-bond acceptors (Lipinski definition) is 7. The van der Waals surface area contributed by atoms with Gasteiger partial charge in [-0.05, 0) is 19.1 Å². The van der Waals surface area contributed by atoms with Crippen molar-refractivity contribution >= 4 is 35.1 Å². The molecule has 0 saturated carbocycles. The summed E-state index contributed by atoms with van der Waals surface area (Å²) in [6.45, 7) is 1.67. The Morgan fingerprint density at radius 2 is 2.05 bits per heavy atom. The number of nitrogen functional groups attached to an aromatic ring is 2. The summed E-state index contributed by atoms with van der Waals surface area (Å²) in [4.78, 5) is 26.1. The summed E-state index contributed by atoms with van der Waals surface area (Å²) in [5.41, 5.74) is 12.4. The highest BCUT2D eigenvalue weighted by molar-refractivity contribution is 7.71. The second-order valence-corrected chi connectivity index (χ2v) is 4.53. The zero-order valence-corrected chi connectivity index (χ0v) is 11.2. The first-order valence-corrected chi connectivity index (χ1v) is 5.97. The highest BCUT2D eigenvalue weighted by Crippen LogP contribution is 2.16. The van der Waals surface area contributed by atoms with Crippen LogP contribution in [0.15, 0.2) is 17.3 Å². The Balaban J connectivity index is 2.39. The molecule has 102 valence electrons. The molecule has 0 saturated heterocycles. The van der Waals surface area contributed by atoms with Gasteiger partial charge in [0.05, 0.1) is 0 Å². The quantitative estimate of drug-likeness (QED) is 0.530. The summed E-state index contributed by atoms with van der Waals surface area (Å²) in [5, 5.41) is 0. The third-order valence-corrected chi connectivity index (χ3v) is 3.05. The summed E-state index contributed by atoms with van der Waals surface area (Å²) >= 11 is 5.13. The number of nitrogens with one attached hydrogen (secondary N) is 1. The molecule has 20 heavy (non-hydrogen) atoms. The summed E-state index contributed by atoms with van der Waals surface area (Å²) in [6, 6.07) is 0. The molecule has 10 heteroatoms. The van der Waals surface area contributed by atoms with E-state index in [1.165, 1.54) is 15.7 Å². The first-order chi connectivity index (χ1) is 9.47. The van der Waals surface area contributed by atoms with Crippen molar-refractivity contribution in [3.63, 3.8) is 0 Å². The van der Waals surface area contributed by atoms with Gasteiger partial charge >= 0.3 is 0 Å². The third-order valence-electron chi connectivity index (χ3n) is 2.76. The fraction of sp³-hybridized carbons (Fsp3) is 0.100. The molecule has 0 unspecified atom stereocenters. The van der Waals surface area contributed by atoms with E-state index >= 15 is 0 Å². The first kappa shape index (κ1) is 12.3. The second kappa shape index (κ2) is 4.13. The lowest BCUT2D eigenvalue weighted by Gasteiger charge is -2.09. The monoisotopic (exact) mass is 290 g/mol. The molecule has 5 N–H and O–H groups in total. The number of hydrogen-bond donors (Lipinski definition) is 3. The van der Waals surface area contributed by atoms with Crippen molar-refractivity contribution in [2.75, 3.05) is 11.5 Å². The van der Waals surface area contributed by atoms with Crippen molar-refractivity contribution in [1.29, 1.82) is 0 Å². The predicted octanol–water partition coefficient (Wildman–Crippen LogP) is -0.170. The van der Waals surface area contributed by atoms with Crippen LogP contribution in [-0.4, -0.2) is 29.3 Å². The Bertz CT molecular complexity index is 937. The van der Waals surface area contributed by atoms with E-state index in [1.807, 2.05) is 0 Å². The molecule has 0 fully saturated rings. The maximum absolute atomic E-state index is 11.5. The van der Waals surface area contributed by atoms with Gasteiger partial charge in [-0.2, -0.15) is 9.97 Å². The topological polar surface area (TPSA) is 133 Å². The van der Waals surface area contributed by atoms with Crippen LogP contribution in [-0.2, 0) is 0 Å². The molecule has 3 aromatic heterocycles. The van der Waals surface area contributed by atoms with Gasteiger partial charge in [0, 0.05) is 11.8 Å². The van der Waals surface area contributed by atoms with E-state index in [0.717, 1.165) is 0 Å². The average Bonchev–Trinajstić information content (AvgIpc) is 2.77. The highest BCUT2D eigenvalue weighted by atomic mass is 32.1. The second-order valence-electron chi connectivity index (χ2n) is 4.14. The number of aromatic amines is 1. The van der Waals surface area contributed by atoms with E-state index in [0.29, 0.717) is 16.7 Å². The average molecular weight is 290 g/mol. The standard InChI is InChI=1S/C10H10N8OS/c1-4-2-17(10(20)16-8(4)19)18-3-13-5-6(11)14-9(12)15-7(5)18/h2-3H,1H3,(H,16,19,20)(H4,11,12,14,15). The van der Waals surface area contributed by atoms with Gasteiger partial charge < -0.3 is 11.5 Å². The summed E-state index contributed by atoms with van der Waals surface area (Å²) < 4.78 is 3.26. The molecule has 0 bridgehead atoms. The van der Waals surface area contributed by atoms with Gasteiger partial charge in [0.2, 0.25) is 5.95 Å². The number of aromatic nitrogens is 6. The molecule has 0 atom stereocenters. The lowest BCUT2D eigenvalue weighted by atomic mass is 10.4. The number of imidazole rings is 1. The van der Waals surface area contributed by atoms with Gasteiger partial charge in [-0.3, -0.25) is 9.78 Å². The number of fused-ring (bicyclic) bond motifs is 1. The van der Waals surface area contributed by atoms with Crippen molar-refractivity contribution in [2.24, 2.45) is 0 Å². The summed E-state index contributed by atoms with van der Waals surface area (Å²) in [6.07, 6.45) is 3.06. The van der Waals surface area contributed by atoms with Crippen LogP contribution in [0.3, 0.4) is 0 Å². The van der Waals surface area contributed by atoms with Crippen LogP contribution in [0.5, 0.6) is 0 Å². The molecule has 0 amide bonds. The maximum atomic E-state index is 11.5. The number of anilines is 2. The third kappa shape index (κ3) is 1.73. The van der Waals surface area contributed by atoms with Gasteiger partial charge in [-0.1, -0.05) is 0 Å². The van der Waals surface area contributed by atoms with Gasteiger partial charge in [0.1, 0.15) is 6.33 Å². The molecule has 3 heterocycles. The van der Waals surface area contributed by atoms with Crippen LogP contribution >= 0.6 is 12.2 Å². The molecule has 9 nitrogen and oxygen atoms in total. The zero-order valence-electron chi connectivity index (χ0n) is 10.4. The maximum Gasteiger partial charge on any atom is 0.254 e. The fourth-order valence-corrected chi connectivity index (χ4v) is 2.03. The number of H-pyrrole nitrogens is 1.